The first-order valence-electron chi connectivity index (χ1n) is 9.16. The average Bonchev–Trinajstić information content (AvgIpc) is 3.33. The molecule has 0 unspecified atom stereocenters. The van der Waals surface area contributed by atoms with E-state index in [2.05, 4.69) is 29.4 Å². The monoisotopic (exact) mass is 401 g/mol. The summed E-state index contributed by atoms with van der Waals surface area (Å²) in [6.45, 7) is 6.30. The summed E-state index contributed by atoms with van der Waals surface area (Å²) >= 11 is 3.09. The molecule has 1 aromatic heterocycles. The van der Waals surface area contributed by atoms with Crippen molar-refractivity contribution in [3.8, 4) is 10.4 Å². The molecular weight excluding hydrogens is 378 g/mol. The molecule has 2 aromatic rings. The number of thioether (sulfide) groups is 1. The van der Waals surface area contributed by atoms with Crippen molar-refractivity contribution in [2.24, 2.45) is 5.92 Å². The van der Waals surface area contributed by atoms with Gasteiger partial charge in [0, 0.05) is 24.4 Å². The van der Waals surface area contributed by atoms with E-state index < -0.39 is 0 Å². The van der Waals surface area contributed by atoms with Crippen LogP contribution in [-0.4, -0.2) is 34.0 Å². The number of rotatable bonds is 5. The number of nitrogens with zero attached hydrogens (tertiary/aromatic N) is 2. The Bertz CT molecular complexity index is 934. The molecule has 2 heterocycles. The molecule has 1 N–H and O–H groups in total. The quantitative estimate of drug-likeness (QED) is 0.747. The second-order valence-electron chi connectivity index (χ2n) is 7.34. The van der Waals surface area contributed by atoms with Gasteiger partial charge >= 0.3 is 0 Å². The van der Waals surface area contributed by atoms with E-state index in [1.54, 1.807) is 11.8 Å². The first kappa shape index (κ1) is 18.5. The summed E-state index contributed by atoms with van der Waals surface area (Å²) in [7, 11) is 0. The van der Waals surface area contributed by atoms with Crippen molar-refractivity contribution in [1.29, 1.82) is 0 Å². The Morgan fingerprint density at radius 3 is 2.78 bits per heavy atom. The van der Waals surface area contributed by atoms with Crippen molar-refractivity contribution >= 4 is 40.0 Å². The molecule has 2 aliphatic rings. The van der Waals surface area contributed by atoms with E-state index in [4.69, 9.17) is 0 Å². The van der Waals surface area contributed by atoms with Crippen LogP contribution >= 0.6 is 23.1 Å². The molecule has 1 fully saturated rings. The summed E-state index contributed by atoms with van der Waals surface area (Å²) in [5, 5.41) is 3.38. The minimum absolute atomic E-state index is 0.121. The van der Waals surface area contributed by atoms with Gasteiger partial charge in [-0.1, -0.05) is 11.3 Å². The highest BCUT2D eigenvalue weighted by Crippen LogP contribution is 2.42. The molecule has 0 spiro atoms. The van der Waals surface area contributed by atoms with Crippen LogP contribution in [0.4, 0.5) is 5.13 Å². The SMILES string of the molecule is CSc1cc(-c2sc(NC(C)=O)nc2C)cc2c1C(=O)N([C@@H](C)C1CC1)C2. The van der Waals surface area contributed by atoms with Gasteiger partial charge < -0.3 is 10.2 Å². The van der Waals surface area contributed by atoms with E-state index in [9.17, 15) is 9.59 Å². The number of thiazole rings is 1. The van der Waals surface area contributed by atoms with Crippen molar-refractivity contribution < 1.29 is 9.59 Å². The Kier molecular flexibility index (Phi) is 4.76. The Hall–Kier alpha value is -1.86. The summed E-state index contributed by atoms with van der Waals surface area (Å²) in [5.41, 5.74) is 3.92. The maximum atomic E-state index is 13.0. The van der Waals surface area contributed by atoms with Crippen LogP contribution in [0.25, 0.3) is 10.4 Å². The molecular formula is C20H23N3O2S2. The van der Waals surface area contributed by atoms with E-state index in [-0.39, 0.29) is 11.8 Å². The molecule has 1 aliphatic carbocycles. The van der Waals surface area contributed by atoms with Crippen LogP contribution in [-0.2, 0) is 11.3 Å². The second kappa shape index (κ2) is 6.95. The number of nitrogens with one attached hydrogen (secondary N) is 1. The number of amides is 2. The highest BCUT2D eigenvalue weighted by molar-refractivity contribution is 7.98. The van der Waals surface area contributed by atoms with E-state index >= 15 is 0 Å². The largest absolute Gasteiger partial charge is 0.331 e. The zero-order chi connectivity index (χ0) is 19.3. The maximum Gasteiger partial charge on any atom is 0.255 e. The van der Waals surface area contributed by atoms with E-state index in [1.165, 1.54) is 31.1 Å². The number of anilines is 1. The Labute approximate surface area is 167 Å². The highest BCUT2D eigenvalue weighted by atomic mass is 32.2. The lowest BCUT2D eigenvalue weighted by atomic mass is 10.0. The molecule has 0 saturated heterocycles. The number of aryl methyl sites for hydroxylation is 1. The van der Waals surface area contributed by atoms with Gasteiger partial charge in [-0.25, -0.2) is 4.98 Å². The van der Waals surface area contributed by atoms with Gasteiger partial charge in [0.05, 0.1) is 16.1 Å². The van der Waals surface area contributed by atoms with Crippen molar-refractivity contribution in [3.05, 3.63) is 29.0 Å². The number of carbonyl (C=O) groups excluding carboxylic acids is 2. The molecule has 2 amide bonds. The van der Waals surface area contributed by atoms with Gasteiger partial charge in [-0.05, 0) is 62.1 Å². The van der Waals surface area contributed by atoms with Gasteiger partial charge in [-0.15, -0.1) is 11.8 Å². The van der Waals surface area contributed by atoms with Crippen LogP contribution in [0.2, 0.25) is 0 Å². The van der Waals surface area contributed by atoms with Crippen LogP contribution in [0.1, 0.15) is 48.3 Å². The number of benzene rings is 1. The molecule has 0 radical (unpaired) electrons. The predicted molar refractivity (Wildman–Crippen MR) is 110 cm³/mol. The fourth-order valence-electron chi connectivity index (χ4n) is 3.76. The summed E-state index contributed by atoms with van der Waals surface area (Å²) in [4.78, 5) is 32.9. The lowest BCUT2D eigenvalue weighted by Gasteiger charge is -2.24. The summed E-state index contributed by atoms with van der Waals surface area (Å²) in [5.74, 6) is 0.703. The minimum Gasteiger partial charge on any atom is -0.331 e. The second-order valence-corrected chi connectivity index (χ2v) is 9.19. The summed E-state index contributed by atoms with van der Waals surface area (Å²) in [6, 6.07) is 4.52. The van der Waals surface area contributed by atoms with E-state index in [1.807, 2.05) is 18.1 Å². The normalized spacial score (nSPS) is 17.2. The standard InChI is InChI=1S/C20H23N3O2S2/c1-10-18(27-20(21-10)22-12(3)24)14-7-15-9-23(11(2)13-5-6-13)19(25)17(15)16(8-14)26-4/h7-8,11,13H,5-6,9H2,1-4H3,(H,21,22,24)/t11-/m0/s1. The third-order valence-corrected chi connectivity index (χ3v) is 7.24. The maximum absolute atomic E-state index is 13.0. The van der Waals surface area contributed by atoms with Gasteiger partial charge in [-0.2, -0.15) is 0 Å². The van der Waals surface area contributed by atoms with Crippen LogP contribution in [0.15, 0.2) is 17.0 Å². The smallest absolute Gasteiger partial charge is 0.255 e. The zero-order valence-electron chi connectivity index (χ0n) is 16.0. The van der Waals surface area contributed by atoms with Crippen LogP contribution in [0.5, 0.6) is 0 Å². The van der Waals surface area contributed by atoms with Gasteiger partial charge in [0.2, 0.25) is 5.91 Å². The predicted octanol–water partition coefficient (Wildman–Crippen LogP) is 4.55. The van der Waals surface area contributed by atoms with E-state index in [0.29, 0.717) is 23.6 Å². The number of fused-ring (bicyclic) bond motifs is 1. The number of hydrogen-bond donors (Lipinski definition) is 1. The topological polar surface area (TPSA) is 62.3 Å². The molecule has 142 valence electrons. The fraction of sp³-hybridized carbons (Fsp3) is 0.450. The first-order chi connectivity index (χ1) is 12.9. The summed E-state index contributed by atoms with van der Waals surface area (Å²) < 4.78 is 0. The van der Waals surface area contributed by atoms with Gasteiger partial charge in [0.25, 0.3) is 5.91 Å². The van der Waals surface area contributed by atoms with Gasteiger partial charge in [0.15, 0.2) is 5.13 Å². The van der Waals surface area contributed by atoms with E-state index in [0.717, 1.165) is 32.2 Å². The lowest BCUT2D eigenvalue weighted by Crippen LogP contribution is -2.34. The molecule has 4 rings (SSSR count). The first-order valence-corrected chi connectivity index (χ1v) is 11.2. The Morgan fingerprint density at radius 1 is 1.41 bits per heavy atom. The molecule has 1 aliphatic heterocycles. The van der Waals surface area contributed by atoms with Gasteiger partial charge in [0.1, 0.15) is 0 Å². The molecule has 1 saturated carbocycles. The average molecular weight is 402 g/mol. The molecule has 5 nitrogen and oxygen atoms in total. The van der Waals surface area contributed by atoms with Crippen LogP contribution in [0, 0.1) is 12.8 Å². The van der Waals surface area contributed by atoms with Crippen molar-refractivity contribution in [3.63, 3.8) is 0 Å². The third-order valence-electron chi connectivity index (χ3n) is 5.36. The Morgan fingerprint density at radius 2 is 2.15 bits per heavy atom. The van der Waals surface area contributed by atoms with Crippen molar-refractivity contribution in [2.75, 3.05) is 11.6 Å². The van der Waals surface area contributed by atoms with Crippen LogP contribution in [0.3, 0.4) is 0 Å². The molecule has 1 atom stereocenters. The van der Waals surface area contributed by atoms with Gasteiger partial charge in [-0.3, -0.25) is 9.59 Å². The number of carbonyl (C=O) groups is 2. The highest BCUT2D eigenvalue weighted by Gasteiger charge is 2.39. The third kappa shape index (κ3) is 3.38. The van der Waals surface area contributed by atoms with Crippen molar-refractivity contribution in [2.45, 2.75) is 51.1 Å². The molecule has 1 aromatic carbocycles. The Balaban J connectivity index is 1.72. The molecule has 27 heavy (non-hydrogen) atoms. The fourth-order valence-corrected chi connectivity index (χ4v) is 5.43. The summed E-state index contributed by atoms with van der Waals surface area (Å²) in [6.07, 6.45) is 4.48. The zero-order valence-corrected chi connectivity index (χ0v) is 17.6. The molecule has 7 heteroatoms. The van der Waals surface area contributed by atoms with Crippen LogP contribution < -0.4 is 5.32 Å². The molecule has 0 bridgehead atoms. The minimum atomic E-state index is -0.121. The number of hydrogen-bond acceptors (Lipinski definition) is 5. The van der Waals surface area contributed by atoms with Crippen molar-refractivity contribution in [1.82, 2.24) is 9.88 Å². The number of aromatic nitrogens is 1. The lowest BCUT2D eigenvalue weighted by molar-refractivity contribution is -0.114.